The number of nitrogens with two attached hydrogens (primary N) is 1. The van der Waals surface area contributed by atoms with E-state index >= 15 is 0 Å². The van der Waals surface area contributed by atoms with Crippen molar-refractivity contribution in [2.45, 2.75) is 29.1 Å². The van der Waals surface area contributed by atoms with Crippen molar-refractivity contribution in [2.24, 2.45) is 5.73 Å². The van der Waals surface area contributed by atoms with Gasteiger partial charge in [0.2, 0.25) is 5.91 Å². The number of aliphatic hydroxyl groups excluding tert-OH is 1. The number of rotatable bonds is 8. The molecule has 1 aromatic heterocycles. The first-order chi connectivity index (χ1) is 15.4. The fourth-order valence-electron chi connectivity index (χ4n) is 3.44. The van der Waals surface area contributed by atoms with Crippen LogP contribution < -0.4 is 11.1 Å². The lowest BCUT2D eigenvalue weighted by Gasteiger charge is -2.49. The Morgan fingerprint density at radius 2 is 2.12 bits per heavy atom. The molecular weight excluding hydrogens is 456 g/mol. The minimum absolute atomic E-state index is 0.0517. The van der Waals surface area contributed by atoms with Crippen LogP contribution in [-0.4, -0.2) is 71.2 Å². The SMILES string of the molecule is NC(C(=O)N[C@@H]1C(=O)N2C(C(=O)O)=C(CSc3cn[nH]n3)CS[C@H]12)c1ccc(CO)cc1. The van der Waals surface area contributed by atoms with Crippen LogP contribution in [0.2, 0.25) is 0 Å². The fraction of sp³-hybridized carbons (Fsp3) is 0.316. The molecule has 4 rings (SSSR count). The van der Waals surface area contributed by atoms with Crippen molar-refractivity contribution in [3.63, 3.8) is 0 Å². The van der Waals surface area contributed by atoms with Gasteiger partial charge in [-0.15, -0.1) is 16.9 Å². The highest BCUT2D eigenvalue weighted by Gasteiger charge is 2.54. The van der Waals surface area contributed by atoms with Gasteiger partial charge in [-0.3, -0.25) is 14.5 Å². The molecule has 32 heavy (non-hydrogen) atoms. The summed E-state index contributed by atoms with van der Waals surface area (Å²) in [5.74, 6) is -1.45. The molecule has 1 unspecified atom stereocenters. The van der Waals surface area contributed by atoms with Crippen molar-refractivity contribution in [3.05, 3.63) is 52.9 Å². The molecule has 1 saturated heterocycles. The number of nitrogens with zero attached hydrogens (tertiary/aromatic N) is 3. The summed E-state index contributed by atoms with van der Waals surface area (Å²) < 4.78 is 0. The Labute approximate surface area is 190 Å². The van der Waals surface area contributed by atoms with Gasteiger partial charge in [0.25, 0.3) is 5.91 Å². The van der Waals surface area contributed by atoms with Crippen LogP contribution in [0.5, 0.6) is 0 Å². The van der Waals surface area contributed by atoms with Gasteiger partial charge >= 0.3 is 5.97 Å². The van der Waals surface area contributed by atoms with Crippen LogP contribution in [0.4, 0.5) is 0 Å². The van der Waals surface area contributed by atoms with Gasteiger partial charge in [-0.25, -0.2) is 4.79 Å². The number of thioether (sulfide) groups is 2. The highest BCUT2D eigenvalue weighted by Crippen LogP contribution is 2.41. The van der Waals surface area contributed by atoms with Gasteiger partial charge < -0.3 is 21.3 Å². The fourth-order valence-corrected chi connectivity index (χ4v) is 5.71. The Hall–Kier alpha value is -2.87. The molecule has 11 nitrogen and oxygen atoms in total. The maximum absolute atomic E-state index is 12.8. The van der Waals surface area contributed by atoms with Gasteiger partial charge in [0.05, 0.1) is 12.8 Å². The second kappa shape index (κ2) is 9.32. The van der Waals surface area contributed by atoms with Crippen LogP contribution in [-0.2, 0) is 21.0 Å². The van der Waals surface area contributed by atoms with E-state index < -0.39 is 35.2 Å². The summed E-state index contributed by atoms with van der Waals surface area (Å²) in [5, 5.41) is 31.7. The molecule has 0 radical (unpaired) electrons. The van der Waals surface area contributed by atoms with Gasteiger partial charge in [0.1, 0.15) is 28.2 Å². The second-order valence-corrected chi connectivity index (χ2v) is 9.23. The topological polar surface area (TPSA) is 175 Å². The first-order valence-electron chi connectivity index (χ1n) is 9.55. The van der Waals surface area contributed by atoms with Crippen molar-refractivity contribution >= 4 is 41.3 Å². The number of H-pyrrole nitrogens is 1. The van der Waals surface area contributed by atoms with Gasteiger partial charge in [-0.1, -0.05) is 36.0 Å². The van der Waals surface area contributed by atoms with Crippen LogP contribution in [0, 0.1) is 0 Å². The number of aliphatic carboxylic acids is 1. The standard InChI is InChI=1S/C19H20N6O5S2/c20-13(10-3-1-9(6-26)2-4-10)16(27)22-14-17(28)25-15(19(29)30)11(8-32-18(14)25)7-31-12-5-21-24-23-12/h1-5,13-14,18,26H,6-8,20H2,(H,22,27)(H,29,30)(H,21,23,24)/t13?,14-,18-/m1/s1. The van der Waals surface area contributed by atoms with Crippen LogP contribution in [0.3, 0.4) is 0 Å². The molecule has 2 aliphatic rings. The molecule has 0 aliphatic carbocycles. The number of aromatic amines is 1. The van der Waals surface area contributed by atoms with E-state index in [1.165, 1.54) is 34.6 Å². The number of nitrogens with one attached hydrogen (secondary N) is 2. The number of carboxylic acid groups (broad SMARTS) is 1. The summed E-state index contributed by atoms with van der Waals surface area (Å²) in [6.07, 6.45) is 1.53. The molecule has 2 aliphatic heterocycles. The predicted molar refractivity (Wildman–Crippen MR) is 116 cm³/mol. The molecule has 0 bridgehead atoms. The molecule has 168 valence electrons. The number of β-lactam (4-membered cyclic amide) rings is 1. The van der Waals surface area contributed by atoms with E-state index in [0.717, 1.165) is 0 Å². The van der Waals surface area contributed by atoms with E-state index in [1.54, 1.807) is 24.3 Å². The lowest BCUT2D eigenvalue weighted by molar-refractivity contribution is -0.150. The maximum atomic E-state index is 12.8. The first kappa shape index (κ1) is 22.3. The van der Waals surface area contributed by atoms with E-state index in [0.29, 0.717) is 33.2 Å². The highest BCUT2D eigenvalue weighted by molar-refractivity contribution is 8.01. The quantitative estimate of drug-likeness (QED) is 0.254. The third-order valence-electron chi connectivity index (χ3n) is 5.14. The summed E-state index contributed by atoms with van der Waals surface area (Å²) >= 11 is 2.71. The Kier molecular flexibility index (Phi) is 6.50. The lowest BCUT2D eigenvalue weighted by Crippen LogP contribution is -2.71. The summed E-state index contributed by atoms with van der Waals surface area (Å²) in [4.78, 5) is 38.5. The zero-order chi connectivity index (χ0) is 22.8. The Morgan fingerprint density at radius 1 is 1.38 bits per heavy atom. The Bertz CT molecular complexity index is 1060. The summed E-state index contributed by atoms with van der Waals surface area (Å²) in [6.45, 7) is -0.120. The molecule has 1 aromatic carbocycles. The molecular formula is C19H20N6O5S2. The van der Waals surface area contributed by atoms with E-state index in [-0.39, 0.29) is 12.3 Å². The van der Waals surface area contributed by atoms with Gasteiger partial charge in [0.15, 0.2) is 0 Å². The third-order valence-corrected chi connectivity index (χ3v) is 7.46. The molecule has 0 saturated carbocycles. The molecule has 2 aromatic rings. The molecule has 13 heteroatoms. The number of aliphatic hydroxyl groups is 1. The summed E-state index contributed by atoms with van der Waals surface area (Å²) in [6, 6.07) is 4.77. The number of carbonyl (C=O) groups excluding carboxylic acids is 2. The third kappa shape index (κ3) is 4.24. The van der Waals surface area contributed by atoms with E-state index in [2.05, 4.69) is 20.7 Å². The molecule has 3 heterocycles. The number of hydrogen-bond donors (Lipinski definition) is 5. The number of aromatic nitrogens is 3. The molecule has 3 atom stereocenters. The number of carboxylic acids is 1. The minimum Gasteiger partial charge on any atom is -0.477 e. The smallest absolute Gasteiger partial charge is 0.352 e. The molecule has 0 spiro atoms. The van der Waals surface area contributed by atoms with Crippen LogP contribution in [0.25, 0.3) is 0 Å². The van der Waals surface area contributed by atoms with Crippen LogP contribution >= 0.6 is 23.5 Å². The minimum atomic E-state index is -1.19. The number of amides is 2. The number of hydrogen-bond acceptors (Lipinski definition) is 9. The van der Waals surface area contributed by atoms with Crippen molar-refractivity contribution in [3.8, 4) is 0 Å². The Morgan fingerprint density at radius 3 is 2.75 bits per heavy atom. The Balaban J connectivity index is 1.44. The lowest BCUT2D eigenvalue weighted by atomic mass is 10.0. The van der Waals surface area contributed by atoms with Crippen molar-refractivity contribution < 1.29 is 24.6 Å². The summed E-state index contributed by atoms with van der Waals surface area (Å²) in [7, 11) is 0. The molecule has 2 amide bonds. The van der Waals surface area contributed by atoms with Crippen molar-refractivity contribution in [1.82, 2.24) is 25.6 Å². The zero-order valence-electron chi connectivity index (χ0n) is 16.6. The monoisotopic (exact) mass is 476 g/mol. The molecule has 1 fully saturated rings. The van der Waals surface area contributed by atoms with Crippen LogP contribution in [0.15, 0.2) is 46.8 Å². The van der Waals surface area contributed by atoms with Crippen molar-refractivity contribution in [2.75, 3.05) is 11.5 Å². The van der Waals surface area contributed by atoms with Gasteiger partial charge in [0, 0.05) is 11.5 Å². The largest absolute Gasteiger partial charge is 0.477 e. The van der Waals surface area contributed by atoms with Gasteiger partial charge in [-0.05, 0) is 16.7 Å². The van der Waals surface area contributed by atoms with Crippen LogP contribution in [0.1, 0.15) is 17.2 Å². The average Bonchev–Trinajstić information content (AvgIpc) is 3.33. The maximum Gasteiger partial charge on any atom is 0.352 e. The second-order valence-electron chi connectivity index (χ2n) is 7.13. The zero-order valence-corrected chi connectivity index (χ0v) is 18.2. The van der Waals surface area contributed by atoms with E-state index in [9.17, 15) is 19.5 Å². The van der Waals surface area contributed by atoms with Crippen molar-refractivity contribution in [1.29, 1.82) is 0 Å². The summed E-state index contributed by atoms with van der Waals surface area (Å²) in [5.41, 5.74) is 7.81. The number of carbonyl (C=O) groups is 3. The van der Waals surface area contributed by atoms with E-state index in [1.807, 2.05) is 0 Å². The average molecular weight is 477 g/mol. The number of fused-ring (bicyclic) bond motifs is 1. The normalized spacial score (nSPS) is 21.1. The van der Waals surface area contributed by atoms with Gasteiger partial charge in [-0.2, -0.15) is 10.3 Å². The first-order valence-corrected chi connectivity index (χ1v) is 11.6. The molecule has 6 N–H and O–H groups in total. The van der Waals surface area contributed by atoms with E-state index in [4.69, 9.17) is 10.8 Å². The predicted octanol–water partition coefficient (Wildman–Crippen LogP) is -0.172. The highest BCUT2D eigenvalue weighted by atomic mass is 32.2. The number of benzene rings is 1.